The van der Waals surface area contributed by atoms with Crippen molar-refractivity contribution in [1.29, 1.82) is 0 Å². The van der Waals surface area contributed by atoms with E-state index >= 15 is 0 Å². The van der Waals surface area contributed by atoms with Crippen LogP contribution in [0.15, 0.2) is 53.4 Å². The van der Waals surface area contributed by atoms with Gasteiger partial charge in [0.15, 0.2) is 11.5 Å². The Kier molecular flexibility index (Phi) is 7.39. The van der Waals surface area contributed by atoms with Crippen molar-refractivity contribution in [3.63, 3.8) is 0 Å². The number of fused-ring (bicyclic) bond motifs is 1. The van der Waals surface area contributed by atoms with Crippen LogP contribution in [0.4, 0.5) is 0 Å². The fraction of sp³-hybridized carbons (Fsp3) is 0.516. The fourth-order valence-corrected chi connectivity index (χ4v) is 8.54. The van der Waals surface area contributed by atoms with Crippen molar-refractivity contribution in [2.24, 2.45) is 0 Å². The molecule has 6 rings (SSSR count). The van der Waals surface area contributed by atoms with Crippen LogP contribution in [-0.2, 0) is 22.0 Å². The summed E-state index contributed by atoms with van der Waals surface area (Å²) in [6.07, 6.45) is 11.0. The Balaban J connectivity index is 0.978. The molecule has 2 aromatic rings. The summed E-state index contributed by atoms with van der Waals surface area (Å²) in [5.41, 5.74) is 2.60. The number of hydrogen-bond donors (Lipinski definition) is 1. The van der Waals surface area contributed by atoms with E-state index in [1.807, 2.05) is 12.1 Å². The Bertz CT molecular complexity index is 1420. The fourth-order valence-electron chi connectivity index (χ4n) is 6.94. The minimum Gasteiger partial charge on any atom is -0.493 e. The van der Waals surface area contributed by atoms with Crippen LogP contribution >= 0.6 is 0 Å². The molecule has 1 aliphatic carbocycles. The molecule has 3 aliphatic heterocycles. The summed E-state index contributed by atoms with van der Waals surface area (Å²) in [6.45, 7) is 3.11. The number of carbonyl (C=O) groups is 1. The second-order valence-corrected chi connectivity index (χ2v) is 13.3. The van der Waals surface area contributed by atoms with Gasteiger partial charge in [-0.3, -0.25) is 9.69 Å². The summed E-state index contributed by atoms with van der Waals surface area (Å²) in [7, 11) is -2.03. The summed E-state index contributed by atoms with van der Waals surface area (Å²) in [5, 5.41) is 10.3. The Morgan fingerprint density at radius 2 is 1.80 bits per heavy atom. The molecule has 0 radical (unpaired) electrons. The number of ether oxygens (including phenoxy) is 2. The number of hydrogen-bond acceptors (Lipinski definition) is 7. The first kappa shape index (κ1) is 27.3. The predicted octanol–water partition coefficient (Wildman–Crippen LogP) is 4.41. The molecule has 3 heterocycles. The number of carbonyl (C=O) groups excluding carboxylic acids is 1. The molecular formula is C31H38N2O6S. The first-order valence-corrected chi connectivity index (χ1v) is 15.9. The van der Waals surface area contributed by atoms with Crippen molar-refractivity contribution in [3.05, 3.63) is 65.2 Å². The van der Waals surface area contributed by atoms with Gasteiger partial charge in [-0.15, -0.1) is 0 Å². The van der Waals surface area contributed by atoms with Gasteiger partial charge in [0.05, 0.1) is 24.2 Å². The van der Waals surface area contributed by atoms with Crippen molar-refractivity contribution < 1.29 is 27.8 Å². The van der Waals surface area contributed by atoms with Gasteiger partial charge in [-0.05, 0) is 56.1 Å². The number of unbranched alkanes of at least 4 members (excludes halogenated alkanes) is 5. The molecule has 1 N–H and O–H groups in total. The molecule has 0 aromatic heterocycles. The lowest BCUT2D eigenvalue weighted by molar-refractivity contribution is 0.0809. The number of aliphatic hydroxyl groups excluding tert-OH is 1. The summed E-state index contributed by atoms with van der Waals surface area (Å²) < 4.78 is 38.5. The van der Waals surface area contributed by atoms with Crippen molar-refractivity contribution in [2.75, 3.05) is 26.7 Å². The van der Waals surface area contributed by atoms with Gasteiger partial charge in [-0.25, -0.2) is 12.7 Å². The molecule has 4 aliphatic rings. The van der Waals surface area contributed by atoms with Crippen LogP contribution in [0.25, 0.3) is 0 Å². The second kappa shape index (κ2) is 10.8. The number of methoxy groups -OCH3 is 1. The highest BCUT2D eigenvalue weighted by atomic mass is 32.2. The smallest absolute Gasteiger partial charge is 0.269 e. The molecule has 1 amide bonds. The number of aliphatic hydroxyl groups is 1. The number of sulfonamides is 1. The number of rotatable bonds is 10. The van der Waals surface area contributed by atoms with Gasteiger partial charge in [0.25, 0.3) is 15.9 Å². The highest BCUT2D eigenvalue weighted by Crippen LogP contribution is 2.55. The number of amides is 1. The summed E-state index contributed by atoms with van der Waals surface area (Å²) in [5.74, 6) is 1.21. The van der Waals surface area contributed by atoms with E-state index in [4.69, 9.17) is 9.47 Å². The predicted molar refractivity (Wildman–Crippen MR) is 151 cm³/mol. The van der Waals surface area contributed by atoms with Gasteiger partial charge in [-0.1, -0.05) is 56.0 Å². The lowest BCUT2D eigenvalue weighted by Crippen LogP contribution is -2.43. The lowest BCUT2D eigenvalue weighted by atomic mass is 9.69. The first-order valence-electron chi connectivity index (χ1n) is 14.5. The molecule has 40 heavy (non-hydrogen) atoms. The van der Waals surface area contributed by atoms with Crippen molar-refractivity contribution in [3.8, 4) is 11.5 Å². The first-order chi connectivity index (χ1) is 19.3. The van der Waals surface area contributed by atoms with Crippen molar-refractivity contribution in [2.45, 2.75) is 80.4 Å². The van der Waals surface area contributed by atoms with Gasteiger partial charge in [0.2, 0.25) is 0 Å². The van der Waals surface area contributed by atoms with E-state index in [0.717, 1.165) is 74.0 Å². The third kappa shape index (κ3) is 4.62. The molecule has 214 valence electrons. The highest BCUT2D eigenvalue weighted by molar-refractivity contribution is 7.90. The number of nitrogens with zero attached hydrogens (tertiary/aromatic N) is 2. The van der Waals surface area contributed by atoms with Crippen molar-refractivity contribution >= 4 is 15.9 Å². The van der Waals surface area contributed by atoms with Crippen LogP contribution in [0, 0.1) is 0 Å². The van der Waals surface area contributed by atoms with Gasteiger partial charge in [-0.2, -0.15) is 0 Å². The highest BCUT2D eigenvalue weighted by Gasteiger charge is 2.52. The molecule has 8 nitrogen and oxygen atoms in total. The zero-order valence-corrected chi connectivity index (χ0v) is 23.9. The van der Waals surface area contributed by atoms with E-state index in [1.165, 1.54) is 17.2 Å². The SMILES string of the molecule is COc1ccc2c3c1O[C@H]1C[C@@H](O)C=C[C@@]31CCN(CCCCCCCCN1C(=O)c3ccccc3S1(=O)=O)C2. The van der Waals surface area contributed by atoms with E-state index in [9.17, 15) is 18.3 Å². The van der Waals surface area contributed by atoms with E-state index in [0.29, 0.717) is 12.8 Å². The standard InChI is InChI=1S/C31H38N2O6S/c1-38-25-13-12-22-21-32(19-16-31-15-14-23(34)20-27(31)39-29(25)28(22)31)17-8-4-2-3-5-9-18-33-30(35)24-10-6-7-11-26(24)40(33,36)37/h6-7,10-15,23,27,34H,2-5,8-9,16-21H2,1H3/t23-,27-,31-/m0/s1. The number of benzene rings is 2. The van der Waals surface area contributed by atoms with E-state index < -0.39 is 22.0 Å². The zero-order chi connectivity index (χ0) is 27.9. The Labute approximate surface area is 236 Å². The summed E-state index contributed by atoms with van der Waals surface area (Å²) >= 11 is 0. The minimum atomic E-state index is -3.70. The maximum atomic E-state index is 12.7. The summed E-state index contributed by atoms with van der Waals surface area (Å²) in [6, 6.07) is 10.6. The topological polar surface area (TPSA) is 96.4 Å². The van der Waals surface area contributed by atoms with E-state index in [-0.39, 0.29) is 28.5 Å². The summed E-state index contributed by atoms with van der Waals surface area (Å²) in [4.78, 5) is 15.2. The van der Waals surface area contributed by atoms with Crippen molar-refractivity contribution in [1.82, 2.24) is 9.21 Å². The molecule has 0 saturated carbocycles. The van der Waals surface area contributed by atoms with E-state index in [2.05, 4.69) is 17.0 Å². The van der Waals surface area contributed by atoms with Gasteiger partial charge in [0, 0.05) is 25.1 Å². The van der Waals surface area contributed by atoms with Gasteiger partial charge in [0.1, 0.15) is 11.0 Å². The van der Waals surface area contributed by atoms with Crippen LogP contribution < -0.4 is 9.47 Å². The van der Waals surface area contributed by atoms with E-state index in [1.54, 1.807) is 25.3 Å². The Morgan fingerprint density at radius 1 is 1.05 bits per heavy atom. The normalized spacial score (nSPS) is 26.1. The Morgan fingerprint density at radius 3 is 2.58 bits per heavy atom. The Hall–Kier alpha value is -2.88. The molecule has 9 heteroatoms. The molecule has 0 unspecified atom stereocenters. The van der Waals surface area contributed by atoms with Crippen LogP contribution in [0.5, 0.6) is 11.5 Å². The molecule has 0 fully saturated rings. The molecule has 0 saturated heterocycles. The minimum absolute atomic E-state index is 0.0718. The third-order valence-electron chi connectivity index (χ3n) is 9.03. The van der Waals surface area contributed by atoms with Gasteiger partial charge >= 0.3 is 0 Å². The van der Waals surface area contributed by atoms with Crippen LogP contribution in [0.1, 0.15) is 72.9 Å². The van der Waals surface area contributed by atoms with Crippen LogP contribution in [0.3, 0.4) is 0 Å². The van der Waals surface area contributed by atoms with Crippen LogP contribution in [0.2, 0.25) is 0 Å². The quantitative estimate of drug-likeness (QED) is 0.336. The van der Waals surface area contributed by atoms with Crippen LogP contribution in [-0.4, -0.2) is 67.6 Å². The van der Waals surface area contributed by atoms with Gasteiger partial charge < -0.3 is 14.6 Å². The molecule has 2 aromatic carbocycles. The monoisotopic (exact) mass is 566 g/mol. The molecular weight excluding hydrogens is 528 g/mol. The molecule has 0 bridgehead atoms. The average Bonchev–Trinajstić information content (AvgIpc) is 3.30. The maximum absolute atomic E-state index is 12.7. The lowest BCUT2D eigenvalue weighted by Gasteiger charge is -2.35. The zero-order valence-electron chi connectivity index (χ0n) is 23.0. The molecule has 3 atom stereocenters. The average molecular weight is 567 g/mol. The largest absolute Gasteiger partial charge is 0.493 e. The second-order valence-electron chi connectivity index (χ2n) is 11.5. The molecule has 1 spiro atoms. The third-order valence-corrected chi connectivity index (χ3v) is 10.9. The maximum Gasteiger partial charge on any atom is 0.269 e.